The fraction of sp³-hybridized carbons (Fsp3) is 0.421. The standard InChI is InChI=1S/C19H23N3O7/c1-4-7-8-28-19(25)29-16-11-13(10-15(17(16)23)22(26)27)9-14(12-20)18(24)21(5-2)6-3/h9-11,23H,4-8H2,1-3H3. The van der Waals surface area contributed by atoms with E-state index in [0.29, 0.717) is 19.5 Å². The maximum atomic E-state index is 12.4. The number of ether oxygens (including phenoxy) is 2. The van der Waals surface area contributed by atoms with E-state index in [9.17, 15) is 30.1 Å². The molecule has 0 spiro atoms. The topological polar surface area (TPSA) is 143 Å². The van der Waals surface area contributed by atoms with Crippen molar-refractivity contribution >= 4 is 23.8 Å². The highest BCUT2D eigenvalue weighted by atomic mass is 16.7. The van der Waals surface area contributed by atoms with Gasteiger partial charge in [-0.3, -0.25) is 14.9 Å². The first-order valence-corrected chi connectivity index (χ1v) is 9.05. The molecule has 0 unspecified atom stereocenters. The van der Waals surface area contributed by atoms with Crippen LogP contribution in [0, 0.1) is 21.4 Å². The molecule has 1 aromatic carbocycles. The minimum atomic E-state index is -1.14. The van der Waals surface area contributed by atoms with E-state index in [1.165, 1.54) is 4.90 Å². The summed E-state index contributed by atoms with van der Waals surface area (Å²) in [7, 11) is 0. The number of unbranched alkanes of at least 4 members (excludes halogenated alkanes) is 1. The average Bonchev–Trinajstić information content (AvgIpc) is 2.69. The van der Waals surface area contributed by atoms with E-state index in [-0.39, 0.29) is 17.7 Å². The monoisotopic (exact) mass is 405 g/mol. The van der Waals surface area contributed by atoms with Crippen molar-refractivity contribution in [2.45, 2.75) is 33.6 Å². The number of carbonyl (C=O) groups excluding carboxylic acids is 2. The van der Waals surface area contributed by atoms with Gasteiger partial charge in [0.25, 0.3) is 5.91 Å². The van der Waals surface area contributed by atoms with Crippen LogP contribution in [0.4, 0.5) is 10.5 Å². The summed E-state index contributed by atoms with van der Waals surface area (Å²) in [4.78, 5) is 35.9. The quantitative estimate of drug-likeness (QED) is 0.125. The van der Waals surface area contributed by atoms with Gasteiger partial charge in [-0.2, -0.15) is 5.26 Å². The number of nitro groups is 1. The third-order valence-corrected chi connectivity index (χ3v) is 3.90. The number of rotatable bonds is 9. The number of hydrogen-bond donors (Lipinski definition) is 1. The van der Waals surface area contributed by atoms with Crippen molar-refractivity contribution in [2.24, 2.45) is 0 Å². The van der Waals surface area contributed by atoms with E-state index in [0.717, 1.165) is 24.6 Å². The Bertz CT molecular complexity index is 839. The molecule has 156 valence electrons. The van der Waals surface area contributed by atoms with Crippen LogP contribution in [0.1, 0.15) is 39.2 Å². The van der Waals surface area contributed by atoms with Crippen molar-refractivity contribution in [1.82, 2.24) is 4.90 Å². The molecule has 29 heavy (non-hydrogen) atoms. The number of hydrogen-bond acceptors (Lipinski definition) is 8. The molecule has 0 aromatic heterocycles. The highest BCUT2D eigenvalue weighted by Gasteiger charge is 2.23. The number of phenolic OH excluding ortho intramolecular Hbond substituents is 1. The van der Waals surface area contributed by atoms with Crippen molar-refractivity contribution in [3.63, 3.8) is 0 Å². The molecule has 10 nitrogen and oxygen atoms in total. The van der Waals surface area contributed by atoms with Gasteiger partial charge in [-0.05, 0) is 38.0 Å². The van der Waals surface area contributed by atoms with Gasteiger partial charge in [-0.25, -0.2) is 4.79 Å². The lowest BCUT2D eigenvalue weighted by Crippen LogP contribution is -2.31. The highest BCUT2D eigenvalue weighted by Crippen LogP contribution is 2.38. The molecule has 0 aliphatic carbocycles. The van der Waals surface area contributed by atoms with E-state index in [4.69, 9.17) is 9.47 Å². The van der Waals surface area contributed by atoms with Crippen LogP contribution in [0.5, 0.6) is 11.5 Å². The van der Waals surface area contributed by atoms with Gasteiger partial charge < -0.3 is 19.5 Å². The van der Waals surface area contributed by atoms with Crippen molar-refractivity contribution < 1.29 is 29.1 Å². The molecule has 0 fully saturated rings. The Balaban J connectivity index is 3.32. The first-order valence-electron chi connectivity index (χ1n) is 9.05. The molecule has 0 saturated heterocycles. The molecular weight excluding hydrogens is 382 g/mol. The van der Waals surface area contributed by atoms with Gasteiger partial charge in [0, 0.05) is 19.2 Å². The smallest absolute Gasteiger partial charge is 0.499 e. The maximum Gasteiger partial charge on any atom is 0.513 e. The second kappa shape index (κ2) is 11.3. The fourth-order valence-corrected chi connectivity index (χ4v) is 2.32. The number of nitriles is 1. The normalized spacial score (nSPS) is 10.8. The molecule has 0 bridgehead atoms. The number of likely N-dealkylation sites (N-methyl/N-ethyl adjacent to an activating group) is 1. The van der Waals surface area contributed by atoms with Gasteiger partial charge in [0.15, 0.2) is 5.75 Å². The zero-order valence-electron chi connectivity index (χ0n) is 16.5. The summed E-state index contributed by atoms with van der Waals surface area (Å²) in [6, 6.07) is 3.84. The molecule has 0 aliphatic heterocycles. The Hall–Kier alpha value is -3.61. The second-order valence-electron chi connectivity index (χ2n) is 5.85. The zero-order chi connectivity index (χ0) is 22.0. The Labute approximate surface area is 168 Å². The minimum absolute atomic E-state index is 0.0305. The fourth-order valence-electron chi connectivity index (χ4n) is 2.32. The van der Waals surface area contributed by atoms with Crippen LogP contribution in [0.15, 0.2) is 17.7 Å². The van der Waals surface area contributed by atoms with Crippen LogP contribution < -0.4 is 4.74 Å². The molecule has 0 atom stereocenters. The minimum Gasteiger partial charge on any atom is -0.499 e. The van der Waals surface area contributed by atoms with Gasteiger partial charge in [-0.1, -0.05) is 13.3 Å². The largest absolute Gasteiger partial charge is 0.513 e. The van der Waals surface area contributed by atoms with Crippen molar-refractivity contribution in [3.8, 4) is 17.6 Å². The first kappa shape index (κ1) is 23.4. The molecule has 1 amide bonds. The van der Waals surface area contributed by atoms with Gasteiger partial charge >= 0.3 is 11.8 Å². The second-order valence-corrected chi connectivity index (χ2v) is 5.85. The summed E-state index contributed by atoms with van der Waals surface area (Å²) in [5.74, 6) is -1.93. The van der Waals surface area contributed by atoms with Crippen LogP contribution >= 0.6 is 0 Å². The summed E-state index contributed by atoms with van der Waals surface area (Å²) in [6.45, 7) is 6.24. The third-order valence-electron chi connectivity index (χ3n) is 3.90. The predicted molar refractivity (Wildman–Crippen MR) is 103 cm³/mol. The number of carbonyl (C=O) groups is 2. The van der Waals surface area contributed by atoms with Gasteiger partial charge in [0.1, 0.15) is 11.6 Å². The zero-order valence-corrected chi connectivity index (χ0v) is 16.5. The molecule has 0 saturated carbocycles. The number of phenols is 1. The number of benzene rings is 1. The Morgan fingerprint density at radius 1 is 1.31 bits per heavy atom. The summed E-state index contributed by atoms with van der Waals surface area (Å²) in [6.07, 6.45) is 1.37. The van der Waals surface area contributed by atoms with E-state index >= 15 is 0 Å². The van der Waals surface area contributed by atoms with Crippen molar-refractivity contribution in [2.75, 3.05) is 19.7 Å². The Morgan fingerprint density at radius 2 is 1.97 bits per heavy atom. The SMILES string of the molecule is CCCCOC(=O)Oc1cc(C=C(C#N)C(=O)N(CC)CC)cc([N+](=O)[O-])c1O. The summed E-state index contributed by atoms with van der Waals surface area (Å²) in [5, 5.41) is 30.6. The Morgan fingerprint density at radius 3 is 2.48 bits per heavy atom. The van der Waals surface area contributed by atoms with Gasteiger partial charge in [0.05, 0.1) is 11.5 Å². The summed E-state index contributed by atoms with van der Waals surface area (Å²) in [5.41, 5.74) is -0.976. The number of nitrogens with zero attached hydrogens (tertiary/aromatic N) is 3. The molecule has 1 rings (SSSR count). The number of nitro benzene ring substituents is 1. The predicted octanol–water partition coefficient (Wildman–Crippen LogP) is 3.39. The maximum absolute atomic E-state index is 12.4. The molecule has 0 heterocycles. The number of aromatic hydroxyl groups is 1. The lowest BCUT2D eigenvalue weighted by atomic mass is 10.1. The van der Waals surface area contributed by atoms with Crippen LogP contribution in [-0.2, 0) is 9.53 Å². The van der Waals surface area contributed by atoms with Crippen molar-refractivity contribution in [3.05, 3.63) is 33.4 Å². The van der Waals surface area contributed by atoms with Crippen LogP contribution in [-0.4, -0.2) is 46.7 Å². The van der Waals surface area contributed by atoms with Gasteiger partial charge in [-0.15, -0.1) is 0 Å². The van der Waals surface area contributed by atoms with Crippen molar-refractivity contribution in [1.29, 1.82) is 5.26 Å². The first-order chi connectivity index (χ1) is 13.8. The molecule has 0 aliphatic rings. The van der Waals surface area contributed by atoms with Gasteiger partial charge in [0.2, 0.25) is 5.75 Å². The molecule has 1 aromatic rings. The lowest BCUT2D eigenvalue weighted by molar-refractivity contribution is -0.385. The summed E-state index contributed by atoms with van der Waals surface area (Å²) >= 11 is 0. The Kier molecular flexibility index (Phi) is 9.12. The molecule has 10 heteroatoms. The van der Waals surface area contributed by atoms with Crippen LogP contribution in [0.2, 0.25) is 0 Å². The molecular formula is C19H23N3O7. The lowest BCUT2D eigenvalue weighted by Gasteiger charge is -2.17. The average molecular weight is 405 g/mol. The highest BCUT2D eigenvalue weighted by molar-refractivity contribution is 6.01. The number of amides is 1. The van der Waals surface area contributed by atoms with E-state index in [2.05, 4.69) is 0 Å². The summed E-state index contributed by atoms with van der Waals surface area (Å²) < 4.78 is 9.68. The van der Waals surface area contributed by atoms with E-state index in [1.54, 1.807) is 19.9 Å². The third kappa shape index (κ3) is 6.49. The van der Waals surface area contributed by atoms with Crippen LogP contribution in [0.3, 0.4) is 0 Å². The van der Waals surface area contributed by atoms with E-state index < -0.39 is 34.2 Å². The molecule has 1 N–H and O–H groups in total. The molecule has 0 radical (unpaired) electrons. The van der Waals surface area contributed by atoms with Crippen LogP contribution in [0.25, 0.3) is 6.08 Å². The van der Waals surface area contributed by atoms with E-state index in [1.807, 2.05) is 6.92 Å².